The molecule has 0 bridgehead atoms. The Morgan fingerprint density at radius 1 is 1.18 bits per heavy atom. The summed E-state index contributed by atoms with van der Waals surface area (Å²) in [5.74, 6) is -0.577. The number of ether oxygens (including phenoxy) is 2. The fraction of sp³-hybridized carbons (Fsp3) is 0.692. The van der Waals surface area contributed by atoms with E-state index in [4.69, 9.17) is 4.74 Å². The summed E-state index contributed by atoms with van der Waals surface area (Å²) in [6.07, 6.45) is 2.75. The van der Waals surface area contributed by atoms with Gasteiger partial charge in [-0.15, -0.1) is 0 Å². The van der Waals surface area contributed by atoms with Gasteiger partial charge in [-0.3, -0.25) is 4.79 Å². The Kier molecular flexibility index (Phi) is 7.26. The van der Waals surface area contributed by atoms with Crippen LogP contribution in [-0.4, -0.2) is 26.2 Å². The van der Waals surface area contributed by atoms with Crippen molar-refractivity contribution >= 4 is 11.9 Å². The first-order valence-corrected chi connectivity index (χ1v) is 5.77. The summed E-state index contributed by atoms with van der Waals surface area (Å²) in [6.45, 7) is 5.82. The molecule has 98 valence electrons. The molecule has 1 atom stereocenters. The van der Waals surface area contributed by atoms with Crippen LogP contribution in [0.15, 0.2) is 11.6 Å². The first-order chi connectivity index (χ1) is 7.96. The molecule has 0 aromatic rings. The van der Waals surface area contributed by atoms with Gasteiger partial charge in [-0.05, 0) is 25.7 Å². The molecule has 0 aliphatic carbocycles. The van der Waals surface area contributed by atoms with Gasteiger partial charge in [-0.2, -0.15) is 0 Å². The average molecular weight is 242 g/mol. The molecule has 0 aromatic carbocycles. The fourth-order valence-corrected chi connectivity index (χ4v) is 1.71. The molecule has 0 saturated heterocycles. The van der Waals surface area contributed by atoms with Gasteiger partial charge in [0.05, 0.1) is 20.1 Å². The van der Waals surface area contributed by atoms with Crippen LogP contribution in [0, 0.1) is 11.8 Å². The van der Waals surface area contributed by atoms with Gasteiger partial charge in [-0.1, -0.05) is 19.9 Å². The van der Waals surface area contributed by atoms with E-state index in [1.165, 1.54) is 14.2 Å². The summed E-state index contributed by atoms with van der Waals surface area (Å²) in [5.41, 5.74) is 0.517. The van der Waals surface area contributed by atoms with Gasteiger partial charge >= 0.3 is 11.9 Å². The van der Waals surface area contributed by atoms with Gasteiger partial charge in [-0.25, -0.2) is 4.79 Å². The molecule has 4 nitrogen and oxygen atoms in total. The Morgan fingerprint density at radius 3 is 2.12 bits per heavy atom. The highest BCUT2D eigenvalue weighted by Crippen LogP contribution is 2.22. The third-order valence-electron chi connectivity index (χ3n) is 2.55. The summed E-state index contributed by atoms with van der Waals surface area (Å²) in [5, 5.41) is 0. The normalized spacial score (nSPS) is 13.4. The van der Waals surface area contributed by atoms with Crippen LogP contribution in [-0.2, 0) is 19.1 Å². The van der Waals surface area contributed by atoms with Crippen molar-refractivity contribution in [2.75, 3.05) is 14.2 Å². The summed E-state index contributed by atoms with van der Waals surface area (Å²) in [6, 6.07) is 0. The van der Waals surface area contributed by atoms with Crippen molar-refractivity contribution in [3.8, 4) is 0 Å². The summed E-state index contributed by atoms with van der Waals surface area (Å²) in [7, 11) is 2.70. The second-order valence-electron chi connectivity index (χ2n) is 4.36. The lowest BCUT2D eigenvalue weighted by Gasteiger charge is -2.17. The van der Waals surface area contributed by atoms with E-state index >= 15 is 0 Å². The standard InChI is InChI=1S/C13H22O4/c1-6-10(12(14)16-4)8-11(7-9(2)3)13(15)17-5/h6,9,11H,7-8H2,1-5H3/b10-6-/t11-/m1/s1. The van der Waals surface area contributed by atoms with E-state index in [1.54, 1.807) is 13.0 Å². The quantitative estimate of drug-likeness (QED) is 0.530. The van der Waals surface area contributed by atoms with Crippen molar-refractivity contribution in [3.63, 3.8) is 0 Å². The second kappa shape index (κ2) is 7.87. The lowest BCUT2D eigenvalue weighted by Crippen LogP contribution is -2.21. The molecule has 0 N–H and O–H groups in total. The van der Waals surface area contributed by atoms with Crippen molar-refractivity contribution < 1.29 is 19.1 Å². The van der Waals surface area contributed by atoms with Crippen LogP contribution in [0.3, 0.4) is 0 Å². The highest BCUT2D eigenvalue weighted by molar-refractivity contribution is 5.89. The predicted octanol–water partition coefficient (Wildman–Crippen LogP) is 2.33. The molecule has 0 heterocycles. The van der Waals surface area contributed by atoms with Gasteiger partial charge in [0, 0.05) is 5.57 Å². The third-order valence-corrected chi connectivity index (χ3v) is 2.55. The second-order valence-corrected chi connectivity index (χ2v) is 4.36. The summed E-state index contributed by atoms with van der Waals surface area (Å²) < 4.78 is 9.42. The van der Waals surface area contributed by atoms with Crippen LogP contribution in [0.2, 0.25) is 0 Å². The van der Waals surface area contributed by atoms with E-state index in [2.05, 4.69) is 4.74 Å². The maximum atomic E-state index is 11.6. The number of allylic oxidation sites excluding steroid dienone is 1. The molecule has 0 rings (SSSR count). The SMILES string of the molecule is C/C=C(/C[C@@H](CC(C)C)C(=O)OC)C(=O)OC. The largest absolute Gasteiger partial charge is 0.469 e. The molecule has 0 spiro atoms. The number of esters is 2. The average Bonchev–Trinajstić information content (AvgIpc) is 2.31. The topological polar surface area (TPSA) is 52.6 Å². The minimum Gasteiger partial charge on any atom is -0.469 e. The van der Waals surface area contributed by atoms with Crippen LogP contribution < -0.4 is 0 Å². The smallest absolute Gasteiger partial charge is 0.333 e. The first kappa shape index (κ1) is 15.7. The molecular formula is C13H22O4. The number of hydrogen-bond acceptors (Lipinski definition) is 4. The minimum absolute atomic E-state index is 0.276. The molecule has 0 amide bonds. The van der Waals surface area contributed by atoms with Crippen LogP contribution in [0.25, 0.3) is 0 Å². The van der Waals surface area contributed by atoms with E-state index in [-0.39, 0.29) is 17.9 Å². The molecule has 17 heavy (non-hydrogen) atoms. The van der Waals surface area contributed by atoms with Crippen molar-refractivity contribution in [1.29, 1.82) is 0 Å². The number of methoxy groups -OCH3 is 2. The zero-order chi connectivity index (χ0) is 13.4. The van der Waals surface area contributed by atoms with Crippen LogP contribution in [0.5, 0.6) is 0 Å². The van der Waals surface area contributed by atoms with Crippen molar-refractivity contribution in [2.45, 2.75) is 33.6 Å². The van der Waals surface area contributed by atoms with Gasteiger partial charge in [0.15, 0.2) is 0 Å². The zero-order valence-electron chi connectivity index (χ0n) is 11.3. The Morgan fingerprint density at radius 2 is 1.76 bits per heavy atom. The number of carbonyl (C=O) groups excluding carboxylic acids is 2. The Balaban J connectivity index is 4.72. The van der Waals surface area contributed by atoms with E-state index in [0.29, 0.717) is 24.3 Å². The fourth-order valence-electron chi connectivity index (χ4n) is 1.71. The molecular weight excluding hydrogens is 220 g/mol. The molecule has 0 aliphatic heterocycles. The van der Waals surface area contributed by atoms with E-state index in [9.17, 15) is 9.59 Å². The number of carbonyl (C=O) groups is 2. The molecule has 0 aliphatic rings. The molecule has 0 aromatic heterocycles. The van der Waals surface area contributed by atoms with Crippen LogP contribution in [0.4, 0.5) is 0 Å². The van der Waals surface area contributed by atoms with Gasteiger partial charge in [0.2, 0.25) is 0 Å². The van der Waals surface area contributed by atoms with E-state index < -0.39 is 0 Å². The molecule has 0 radical (unpaired) electrons. The van der Waals surface area contributed by atoms with Crippen LogP contribution >= 0.6 is 0 Å². The molecule has 0 saturated carbocycles. The maximum absolute atomic E-state index is 11.6. The number of rotatable bonds is 6. The predicted molar refractivity (Wildman–Crippen MR) is 65.4 cm³/mol. The third kappa shape index (κ3) is 5.52. The number of hydrogen-bond donors (Lipinski definition) is 0. The van der Waals surface area contributed by atoms with Gasteiger partial charge in [0.1, 0.15) is 0 Å². The summed E-state index contributed by atoms with van der Waals surface area (Å²) >= 11 is 0. The lowest BCUT2D eigenvalue weighted by molar-refractivity contribution is -0.146. The van der Waals surface area contributed by atoms with Gasteiger partial charge in [0.25, 0.3) is 0 Å². The highest BCUT2D eigenvalue weighted by Gasteiger charge is 2.24. The van der Waals surface area contributed by atoms with Crippen LogP contribution in [0.1, 0.15) is 33.6 Å². The lowest BCUT2D eigenvalue weighted by atomic mass is 9.91. The Labute approximate surface area is 103 Å². The minimum atomic E-state index is -0.384. The maximum Gasteiger partial charge on any atom is 0.333 e. The van der Waals surface area contributed by atoms with Crippen molar-refractivity contribution in [2.24, 2.45) is 11.8 Å². The first-order valence-electron chi connectivity index (χ1n) is 5.77. The Bertz CT molecular complexity index is 292. The molecule has 0 fully saturated rings. The summed E-state index contributed by atoms with van der Waals surface area (Å²) in [4.78, 5) is 23.0. The van der Waals surface area contributed by atoms with E-state index in [1.807, 2.05) is 13.8 Å². The molecule has 4 heteroatoms. The van der Waals surface area contributed by atoms with E-state index in [0.717, 1.165) is 0 Å². The Hall–Kier alpha value is -1.32. The van der Waals surface area contributed by atoms with Crippen molar-refractivity contribution in [3.05, 3.63) is 11.6 Å². The highest BCUT2D eigenvalue weighted by atomic mass is 16.5. The zero-order valence-corrected chi connectivity index (χ0v) is 11.3. The van der Waals surface area contributed by atoms with Gasteiger partial charge < -0.3 is 9.47 Å². The monoisotopic (exact) mass is 242 g/mol. The van der Waals surface area contributed by atoms with Crippen molar-refractivity contribution in [1.82, 2.24) is 0 Å². The molecule has 0 unspecified atom stereocenters.